The van der Waals surface area contributed by atoms with Crippen LogP contribution in [0.4, 0.5) is 0 Å². The number of ether oxygens (including phenoxy) is 1. The van der Waals surface area contributed by atoms with Gasteiger partial charge in [0.25, 0.3) is 0 Å². The number of sulfone groups is 1. The molecule has 6 nitrogen and oxygen atoms in total. The monoisotopic (exact) mass is 443 g/mol. The van der Waals surface area contributed by atoms with Gasteiger partial charge in [0.1, 0.15) is 0 Å². The Bertz CT molecular complexity index is 1010. The van der Waals surface area contributed by atoms with Gasteiger partial charge in [0.2, 0.25) is 10.0 Å². The van der Waals surface area contributed by atoms with Crippen molar-refractivity contribution in [3.8, 4) is 0 Å². The molecule has 0 aromatic heterocycles. The van der Waals surface area contributed by atoms with E-state index in [9.17, 15) is 16.8 Å². The fourth-order valence-corrected chi connectivity index (χ4v) is 5.58. The molecule has 2 aromatic carbocycles. The summed E-state index contributed by atoms with van der Waals surface area (Å²) in [5, 5.41) is 0.466. The molecule has 0 radical (unpaired) electrons. The topological polar surface area (TPSA) is 80.8 Å². The lowest BCUT2D eigenvalue weighted by Gasteiger charge is -2.33. The predicted molar refractivity (Wildman–Crippen MR) is 108 cm³/mol. The van der Waals surface area contributed by atoms with Gasteiger partial charge in [-0.15, -0.1) is 0 Å². The molecule has 1 aliphatic rings. The van der Waals surface area contributed by atoms with Crippen molar-refractivity contribution in [1.29, 1.82) is 0 Å². The van der Waals surface area contributed by atoms with Crippen LogP contribution in [0.2, 0.25) is 5.02 Å². The average Bonchev–Trinajstić information content (AvgIpc) is 2.66. The Hall–Kier alpha value is -1.45. The highest BCUT2D eigenvalue weighted by atomic mass is 35.5. The van der Waals surface area contributed by atoms with E-state index in [2.05, 4.69) is 0 Å². The maximum atomic E-state index is 13.3. The zero-order chi connectivity index (χ0) is 20.4. The van der Waals surface area contributed by atoms with Gasteiger partial charge in [-0.1, -0.05) is 23.7 Å². The molecule has 0 amide bonds. The normalized spacial score (nSPS) is 16.4. The van der Waals surface area contributed by atoms with Crippen molar-refractivity contribution in [2.24, 2.45) is 0 Å². The second-order valence-corrected chi connectivity index (χ2v) is 11.1. The minimum atomic E-state index is -3.75. The summed E-state index contributed by atoms with van der Waals surface area (Å²) in [5.41, 5.74) is 0.719. The number of nitrogens with zero attached hydrogens (tertiary/aromatic N) is 1. The molecule has 1 heterocycles. The number of benzene rings is 2. The largest absolute Gasteiger partial charge is 0.381 e. The molecule has 0 aliphatic carbocycles. The summed E-state index contributed by atoms with van der Waals surface area (Å²) in [6.07, 6.45) is 2.35. The van der Waals surface area contributed by atoms with Crippen LogP contribution < -0.4 is 0 Å². The number of sulfonamides is 1. The van der Waals surface area contributed by atoms with E-state index in [-0.39, 0.29) is 22.4 Å². The summed E-state index contributed by atoms with van der Waals surface area (Å²) in [7, 11) is -7.06. The van der Waals surface area contributed by atoms with E-state index in [4.69, 9.17) is 16.3 Å². The molecule has 0 bridgehead atoms. The summed E-state index contributed by atoms with van der Waals surface area (Å²) >= 11 is 5.90. The zero-order valence-corrected chi connectivity index (χ0v) is 17.8. The maximum Gasteiger partial charge on any atom is 0.243 e. The van der Waals surface area contributed by atoms with Gasteiger partial charge >= 0.3 is 0 Å². The number of rotatable bonds is 6. The van der Waals surface area contributed by atoms with E-state index >= 15 is 0 Å². The lowest BCUT2D eigenvalue weighted by Crippen LogP contribution is -2.42. The summed E-state index contributed by atoms with van der Waals surface area (Å²) in [5.74, 6) is 0. The minimum Gasteiger partial charge on any atom is -0.381 e. The summed E-state index contributed by atoms with van der Waals surface area (Å²) in [6.45, 7) is 1.16. The highest BCUT2D eigenvalue weighted by Crippen LogP contribution is 2.27. The SMILES string of the molecule is CS(=O)(=O)c1ccc(CN(C2CCOCC2)S(=O)(=O)c2ccc(Cl)cc2)cc1. The molecule has 3 rings (SSSR count). The van der Waals surface area contributed by atoms with Crippen LogP contribution in [-0.2, 0) is 31.1 Å². The van der Waals surface area contributed by atoms with Gasteiger partial charge in [0.15, 0.2) is 9.84 Å². The van der Waals surface area contributed by atoms with Crippen LogP contribution in [0.25, 0.3) is 0 Å². The summed E-state index contributed by atoms with van der Waals surface area (Å²) < 4.78 is 56.8. The first-order chi connectivity index (χ1) is 13.2. The Kier molecular flexibility index (Phi) is 6.46. The quantitative estimate of drug-likeness (QED) is 0.685. The van der Waals surface area contributed by atoms with Gasteiger partial charge in [0.05, 0.1) is 9.79 Å². The first-order valence-corrected chi connectivity index (χ1v) is 12.5. The Balaban J connectivity index is 1.94. The molecule has 0 spiro atoms. The molecule has 9 heteroatoms. The van der Waals surface area contributed by atoms with Gasteiger partial charge < -0.3 is 4.74 Å². The average molecular weight is 444 g/mol. The van der Waals surface area contributed by atoms with Crippen molar-refractivity contribution in [1.82, 2.24) is 4.31 Å². The van der Waals surface area contributed by atoms with E-state index in [1.54, 1.807) is 24.3 Å². The molecule has 28 heavy (non-hydrogen) atoms. The van der Waals surface area contributed by atoms with Crippen LogP contribution in [0.1, 0.15) is 18.4 Å². The summed E-state index contributed by atoms with van der Waals surface area (Å²) in [6, 6.07) is 12.2. The van der Waals surface area contributed by atoms with E-state index < -0.39 is 19.9 Å². The van der Waals surface area contributed by atoms with Crippen molar-refractivity contribution < 1.29 is 21.6 Å². The van der Waals surface area contributed by atoms with E-state index in [0.717, 1.165) is 11.8 Å². The predicted octanol–water partition coefficient (Wildman–Crippen LogP) is 3.11. The van der Waals surface area contributed by atoms with Crippen molar-refractivity contribution >= 4 is 31.5 Å². The van der Waals surface area contributed by atoms with Crippen LogP contribution in [0.15, 0.2) is 58.3 Å². The second-order valence-electron chi connectivity index (χ2n) is 6.76. The van der Waals surface area contributed by atoms with Gasteiger partial charge in [-0.3, -0.25) is 0 Å². The molecular weight excluding hydrogens is 422 g/mol. The first-order valence-electron chi connectivity index (χ1n) is 8.82. The Labute approximate surface area is 171 Å². The second kappa shape index (κ2) is 8.51. The van der Waals surface area contributed by atoms with Gasteiger partial charge in [-0.25, -0.2) is 16.8 Å². The highest BCUT2D eigenvalue weighted by molar-refractivity contribution is 7.90. The van der Waals surface area contributed by atoms with Crippen molar-refractivity contribution in [3.63, 3.8) is 0 Å². The molecule has 1 fully saturated rings. The third kappa shape index (κ3) is 4.93. The van der Waals surface area contributed by atoms with Crippen LogP contribution in [-0.4, -0.2) is 46.7 Å². The molecule has 152 valence electrons. The Morgan fingerprint density at radius 1 is 0.929 bits per heavy atom. The van der Waals surface area contributed by atoms with E-state index in [0.29, 0.717) is 31.1 Å². The Morgan fingerprint density at radius 3 is 2.00 bits per heavy atom. The molecule has 1 aliphatic heterocycles. The van der Waals surface area contributed by atoms with Crippen LogP contribution in [0.3, 0.4) is 0 Å². The van der Waals surface area contributed by atoms with E-state index in [1.807, 2.05) is 0 Å². The lowest BCUT2D eigenvalue weighted by atomic mass is 10.1. The smallest absolute Gasteiger partial charge is 0.243 e. The van der Waals surface area contributed by atoms with Gasteiger partial charge in [-0.2, -0.15) is 4.31 Å². The third-order valence-electron chi connectivity index (χ3n) is 4.71. The maximum absolute atomic E-state index is 13.3. The molecule has 0 saturated carbocycles. The highest BCUT2D eigenvalue weighted by Gasteiger charge is 2.32. The molecular formula is C19H22ClNO5S2. The molecule has 1 saturated heterocycles. The first kappa shape index (κ1) is 21.3. The molecule has 2 aromatic rings. The Morgan fingerprint density at radius 2 is 1.46 bits per heavy atom. The van der Waals surface area contributed by atoms with Crippen molar-refractivity contribution in [2.75, 3.05) is 19.5 Å². The van der Waals surface area contributed by atoms with Crippen LogP contribution in [0, 0.1) is 0 Å². The van der Waals surface area contributed by atoms with Gasteiger partial charge in [-0.05, 0) is 54.8 Å². The molecule has 0 atom stereocenters. The lowest BCUT2D eigenvalue weighted by molar-refractivity contribution is 0.0569. The van der Waals surface area contributed by atoms with Crippen molar-refractivity contribution in [2.45, 2.75) is 35.2 Å². The van der Waals surface area contributed by atoms with Crippen LogP contribution in [0.5, 0.6) is 0 Å². The van der Waals surface area contributed by atoms with Crippen molar-refractivity contribution in [3.05, 3.63) is 59.1 Å². The molecule has 0 N–H and O–H groups in total. The number of halogens is 1. The fourth-order valence-electron chi connectivity index (χ4n) is 3.15. The van der Waals surface area contributed by atoms with Crippen LogP contribution >= 0.6 is 11.6 Å². The number of hydrogen-bond donors (Lipinski definition) is 0. The third-order valence-corrected chi connectivity index (χ3v) is 8.00. The van der Waals surface area contributed by atoms with E-state index in [1.165, 1.54) is 28.6 Å². The fraction of sp³-hybridized carbons (Fsp3) is 0.368. The van der Waals surface area contributed by atoms with Gasteiger partial charge in [0, 0.05) is 37.1 Å². The summed E-state index contributed by atoms with van der Waals surface area (Å²) in [4.78, 5) is 0.380. The molecule has 0 unspecified atom stereocenters. The standard InChI is InChI=1S/C19H22ClNO5S2/c1-27(22,23)18-6-2-15(3-7-18)14-21(17-10-12-26-13-11-17)28(24,25)19-8-4-16(20)5-9-19/h2-9,17H,10-14H2,1H3. The zero-order valence-electron chi connectivity index (χ0n) is 15.4. The minimum absolute atomic E-state index is 0.152. The number of hydrogen-bond acceptors (Lipinski definition) is 5.